The van der Waals surface area contributed by atoms with E-state index in [2.05, 4.69) is 51.5 Å². The fourth-order valence-electron chi connectivity index (χ4n) is 2.56. The minimum Gasteiger partial charge on any atom is -0.388 e. The molecule has 0 saturated heterocycles. The summed E-state index contributed by atoms with van der Waals surface area (Å²) in [5.74, 6) is 0. The first-order valence-electron chi connectivity index (χ1n) is 6.38. The van der Waals surface area contributed by atoms with E-state index in [1.807, 2.05) is 6.07 Å². The zero-order chi connectivity index (χ0) is 13.4. The van der Waals surface area contributed by atoms with Gasteiger partial charge in [0, 0.05) is 40.4 Å². The Morgan fingerprint density at radius 2 is 2.26 bits per heavy atom. The summed E-state index contributed by atoms with van der Waals surface area (Å²) in [5, 5.41) is 12.4. The Morgan fingerprint density at radius 3 is 3.00 bits per heavy atom. The summed E-state index contributed by atoms with van der Waals surface area (Å²) in [4.78, 5) is 3.47. The number of thiophene rings is 1. The van der Waals surface area contributed by atoms with Crippen molar-refractivity contribution < 1.29 is 5.11 Å². The first-order valence-corrected chi connectivity index (χ1v) is 8.05. The van der Waals surface area contributed by atoms with E-state index in [1.165, 1.54) is 16.1 Å². The monoisotopic (exact) mass is 337 g/mol. The normalized spacial score (nSPS) is 15.6. The molecule has 0 radical (unpaired) electrons. The van der Waals surface area contributed by atoms with Crippen LogP contribution < -0.4 is 4.90 Å². The number of hydrogen-bond acceptors (Lipinski definition) is 3. The van der Waals surface area contributed by atoms with E-state index in [9.17, 15) is 5.11 Å². The Morgan fingerprint density at radius 1 is 1.42 bits per heavy atom. The molecule has 1 aromatic heterocycles. The van der Waals surface area contributed by atoms with Crippen LogP contribution >= 0.6 is 27.3 Å². The minimum atomic E-state index is -0.415. The SMILES string of the molecule is CN1CCc2cc(C(O)Cc3cc(Br)cs3)ccc21. The van der Waals surface area contributed by atoms with Crippen molar-refractivity contribution in [3.8, 4) is 0 Å². The van der Waals surface area contributed by atoms with Crippen molar-refractivity contribution in [1.82, 2.24) is 0 Å². The number of aliphatic hydroxyl groups excluding tert-OH is 1. The van der Waals surface area contributed by atoms with E-state index in [4.69, 9.17) is 0 Å². The van der Waals surface area contributed by atoms with Crippen molar-refractivity contribution in [2.75, 3.05) is 18.5 Å². The Kier molecular flexibility index (Phi) is 3.65. The number of nitrogens with zero attached hydrogens (tertiary/aromatic N) is 1. The van der Waals surface area contributed by atoms with Crippen LogP contribution in [0.4, 0.5) is 5.69 Å². The zero-order valence-electron chi connectivity index (χ0n) is 10.8. The van der Waals surface area contributed by atoms with Crippen LogP contribution in [-0.4, -0.2) is 18.7 Å². The summed E-state index contributed by atoms with van der Waals surface area (Å²) in [6.45, 7) is 1.08. The fraction of sp³-hybridized carbons (Fsp3) is 0.333. The van der Waals surface area contributed by atoms with E-state index in [0.717, 1.165) is 23.0 Å². The van der Waals surface area contributed by atoms with Crippen molar-refractivity contribution >= 4 is 33.0 Å². The highest BCUT2D eigenvalue weighted by molar-refractivity contribution is 9.10. The van der Waals surface area contributed by atoms with Gasteiger partial charge in [0.15, 0.2) is 0 Å². The molecule has 19 heavy (non-hydrogen) atoms. The molecule has 0 saturated carbocycles. The second-order valence-electron chi connectivity index (χ2n) is 5.01. The van der Waals surface area contributed by atoms with Gasteiger partial charge in [0.1, 0.15) is 0 Å². The van der Waals surface area contributed by atoms with Crippen LogP contribution in [0.2, 0.25) is 0 Å². The quantitative estimate of drug-likeness (QED) is 0.921. The number of benzene rings is 1. The number of likely N-dealkylation sites (N-methyl/N-ethyl adjacent to an activating group) is 1. The molecule has 1 N–H and O–H groups in total. The molecule has 1 unspecified atom stereocenters. The van der Waals surface area contributed by atoms with Crippen molar-refractivity contribution in [1.29, 1.82) is 0 Å². The highest BCUT2D eigenvalue weighted by atomic mass is 79.9. The number of rotatable bonds is 3. The maximum Gasteiger partial charge on any atom is 0.0838 e. The van der Waals surface area contributed by atoms with E-state index < -0.39 is 6.10 Å². The molecule has 0 amide bonds. The number of fused-ring (bicyclic) bond motifs is 1. The van der Waals surface area contributed by atoms with Crippen LogP contribution in [0.15, 0.2) is 34.1 Å². The summed E-state index contributed by atoms with van der Waals surface area (Å²) in [5.41, 5.74) is 3.68. The Bertz CT molecular complexity index is 596. The van der Waals surface area contributed by atoms with Gasteiger partial charge in [-0.15, -0.1) is 11.3 Å². The number of halogens is 1. The molecule has 0 aliphatic carbocycles. The van der Waals surface area contributed by atoms with Gasteiger partial charge >= 0.3 is 0 Å². The Labute approximate surface area is 125 Å². The minimum absolute atomic E-state index is 0.415. The molecular formula is C15H16BrNOS. The van der Waals surface area contributed by atoms with Crippen molar-refractivity contribution in [2.45, 2.75) is 18.9 Å². The van der Waals surface area contributed by atoms with Crippen LogP contribution in [0.5, 0.6) is 0 Å². The molecule has 2 aromatic rings. The van der Waals surface area contributed by atoms with Gasteiger partial charge in [0.25, 0.3) is 0 Å². The lowest BCUT2D eigenvalue weighted by molar-refractivity contribution is 0.179. The van der Waals surface area contributed by atoms with E-state index >= 15 is 0 Å². The molecule has 1 aliphatic heterocycles. The number of hydrogen-bond donors (Lipinski definition) is 1. The lowest BCUT2D eigenvalue weighted by atomic mass is 10.0. The van der Waals surface area contributed by atoms with Gasteiger partial charge in [-0.2, -0.15) is 0 Å². The van der Waals surface area contributed by atoms with Gasteiger partial charge in [-0.05, 0) is 45.6 Å². The highest BCUT2D eigenvalue weighted by Crippen LogP contribution is 2.31. The number of anilines is 1. The molecule has 0 bridgehead atoms. The topological polar surface area (TPSA) is 23.5 Å². The fourth-order valence-corrected chi connectivity index (χ4v) is 4.05. The molecule has 3 rings (SSSR count). The van der Waals surface area contributed by atoms with Crippen molar-refractivity contribution in [3.05, 3.63) is 50.1 Å². The first kappa shape index (κ1) is 13.2. The molecule has 4 heteroatoms. The smallest absolute Gasteiger partial charge is 0.0838 e. The predicted molar refractivity (Wildman–Crippen MR) is 84.1 cm³/mol. The summed E-state index contributed by atoms with van der Waals surface area (Å²) in [6.07, 6.45) is 1.35. The van der Waals surface area contributed by atoms with Gasteiger partial charge < -0.3 is 10.0 Å². The molecule has 2 nitrogen and oxygen atoms in total. The largest absolute Gasteiger partial charge is 0.388 e. The summed E-state index contributed by atoms with van der Waals surface area (Å²) in [6, 6.07) is 8.42. The van der Waals surface area contributed by atoms with Crippen LogP contribution in [0.3, 0.4) is 0 Å². The van der Waals surface area contributed by atoms with Gasteiger partial charge in [0.05, 0.1) is 6.10 Å². The zero-order valence-corrected chi connectivity index (χ0v) is 13.2. The molecule has 0 spiro atoms. The van der Waals surface area contributed by atoms with Gasteiger partial charge in [0.2, 0.25) is 0 Å². The molecular weight excluding hydrogens is 322 g/mol. The molecule has 0 fully saturated rings. The summed E-state index contributed by atoms with van der Waals surface area (Å²) in [7, 11) is 2.12. The van der Waals surface area contributed by atoms with Gasteiger partial charge in [-0.3, -0.25) is 0 Å². The van der Waals surface area contributed by atoms with E-state index in [1.54, 1.807) is 11.3 Å². The van der Waals surface area contributed by atoms with Crippen LogP contribution in [-0.2, 0) is 12.8 Å². The van der Waals surface area contributed by atoms with Crippen molar-refractivity contribution in [2.24, 2.45) is 0 Å². The standard InChI is InChI=1S/C15H16BrNOS/c1-17-5-4-10-6-11(2-3-14(10)17)15(18)8-13-7-12(16)9-19-13/h2-3,6-7,9,15,18H,4-5,8H2,1H3. The first-order chi connectivity index (χ1) is 9.13. The molecule has 1 atom stereocenters. The van der Waals surface area contributed by atoms with Crippen LogP contribution in [0.1, 0.15) is 22.1 Å². The molecule has 2 heterocycles. The molecule has 1 aliphatic rings. The highest BCUT2D eigenvalue weighted by Gasteiger charge is 2.18. The Balaban J connectivity index is 1.79. The van der Waals surface area contributed by atoms with Gasteiger partial charge in [-0.1, -0.05) is 12.1 Å². The van der Waals surface area contributed by atoms with Crippen LogP contribution in [0, 0.1) is 0 Å². The second-order valence-corrected chi connectivity index (χ2v) is 6.92. The third kappa shape index (κ3) is 2.71. The molecule has 1 aromatic carbocycles. The Hall–Kier alpha value is -0.840. The number of aliphatic hydroxyl groups is 1. The predicted octanol–water partition coefficient (Wildman–Crippen LogP) is 3.78. The second kappa shape index (κ2) is 5.27. The van der Waals surface area contributed by atoms with Crippen LogP contribution in [0.25, 0.3) is 0 Å². The lowest BCUT2D eigenvalue weighted by Gasteiger charge is -2.14. The van der Waals surface area contributed by atoms with E-state index in [0.29, 0.717) is 6.42 Å². The third-order valence-electron chi connectivity index (χ3n) is 3.63. The average molecular weight is 338 g/mol. The third-order valence-corrected chi connectivity index (χ3v) is 5.35. The summed E-state index contributed by atoms with van der Waals surface area (Å²) < 4.78 is 1.09. The molecule has 100 valence electrons. The average Bonchev–Trinajstić information content (AvgIpc) is 2.96. The maximum absolute atomic E-state index is 10.4. The van der Waals surface area contributed by atoms with Gasteiger partial charge in [-0.25, -0.2) is 0 Å². The lowest BCUT2D eigenvalue weighted by Crippen LogP contribution is -2.12. The summed E-state index contributed by atoms with van der Waals surface area (Å²) >= 11 is 5.13. The maximum atomic E-state index is 10.4. The van der Waals surface area contributed by atoms with E-state index in [-0.39, 0.29) is 0 Å². The van der Waals surface area contributed by atoms with Crippen molar-refractivity contribution in [3.63, 3.8) is 0 Å².